The average Bonchev–Trinajstić information content (AvgIpc) is 3.24. The topological polar surface area (TPSA) is 118 Å². The quantitative estimate of drug-likeness (QED) is 0.125. The van der Waals surface area contributed by atoms with Gasteiger partial charge in [0.2, 0.25) is 11.8 Å². The monoisotopic (exact) mass is 719 g/mol. The zero-order chi connectivity index (χ0) is 34.1. The van der Waals surface area contributed by atoms with Gasteiger partial charge in [-0.05, 0) is 73.2 Å². The molecular formula is C32H32BrF6NO6. The van der Waals surface area contributed by atoms with Crippen molar-refractivity contribution in [3.8, 4) is 5.75 Å². The molecule has 2 amide bonds. The first-order valence-electron chi connectivity index (χ1n) is 14.5. The maximum absolute atomic E-state index is 13.6. The summed E-state index contributed by atoms with van der Waals surface area (Å²) in [6.45, 7) is 0.486. The van der Waals surface area contributed by atoms with Gasteiger partial charge in [0.15, 0.2) is 0 Å². The lowest BCUT2D eigenvalue weighted by Gasteiger charge is -2.36. The van der Waals surface area contributed by atoms with E-state index in [1.807, 2.05) is 6.92 Å². The van der Waals surface area contributed by atoms with Crippen LogP contribution in [0.15, 0.2) is 57.6 Å². The standard InChI is InChI=1S/C32H32BrF6NO6/c1-2-3-16(8-17-9-21(33)5-7-25(17)43)4-6-26(44)27-18(14-41)10-23-28(24(27)15-42)30(46)40(29(23)45)22-12-19(31(34,35)36)11-20(13-22)32(37,38)39/h5,7-9,11-13,23-24,26,28,41-44H,2-4,6,10,14-15H2,1H3/b16-8+/t23-,24+,26-,28-/m1/s1. The van der Waals surface area contributed by atoms with Gasteiger partial charge in [0.1, 0.15) is 5.75 Å². The van der Waals surface area contributed by atoms with Gasteiger partial charge in [0.05, 0.1) is 48.0 Å². The number of benzene rings is 2. The van der Waals surface area contributed by atoms with Crippen molar-refractivity contribution >= 4 is 39.5 Å². The fraction of sp³-hybridized carbons (Fsp3) is 0.438. The van der Waals surface area contributed by atoms with E-state index < -0.39 is 78.1 Å². The molecule has 2 aliphatic rings. The largest absolute Gasteiger partial charge is 0.507 e. The zero-order valence-corrected chi connectivity index (χ0v) is 26.1. The molecule has 1 fully saturated rings. The van der Waals surface area contributed by atoms with Gasteiger partial charge in [-0.1, -0.05) is 40.9 Å². The molecule has 14 heteroatoms. The minimum absolute atomic E-state index is 0.0402. The van der Waals surface area contributed by atoms with Crippen LogP contribution in [0.5, 0.6) is 5.75 Å². The van der Waals surface area contributed by atoms with Crippen LogP contribution in [0.2, 0.25) is 0 Å². The number of rotatable bonds is 10. The Hall–Kier alpha value is -3.20. The Labute approximate surface area is 269 Å². The van der Waals surface area contributed by atoms with Crippen molar-refractivity contribution in [2.75, 3.05) is 18.1 Å². The number of aromatic hydroxyl groups is 1. The molecule has 0 bridgehead atoms. The van der Waals surface area contributed by atoms with Crippen molar-refractivity contribution in [1.82, 2.24) is 0 Å². The Morgan fingerprint density at radius 1 is 1.00 bits per heavy atom. The molecule has 2 aromatic carbocycles. The molecule has 1 heterocycles. The summed E-state index contributed by atoms with van der Waals surface area (Å²) in [4.78, 5) is 27.4. The smallest absolute Gasteiger partial charge is 0.416 e. The van der Waals surface area contributed by atoms with Gasteiger partial charge in [-0.2, -0.15) is 26.3 Å². The molecule has 0 aromatic heterocycles. The molecule has 0 saturated carbocycles. The molecule has 250 valence electrons. The average molecular weight is 721 g/mol. The van der Waals surface area contributed by atoms with Crippen LogP contribution in [-0.2, 0) is 21.9 Å². The number of anilines is 1. The van der Waals surface area contributed by atoms with E-state index in [0.717, 1.165) is 16.5 Å². The number of carbonyl (C=O) groups excluding carboxylic acids is 2. The van der Waals surface area contributed by atoms with Gasteiger partial charge in [0.25, 0.3) is 0 Å². The van der Waals surface area contributed by atoms with Crippen molar-refractivity contribution in [1.29, 1.82) is 0 Å². The lowest BCUT2D eigenvalue weighted by atomic mass is 9.68. The van der Waals surface area contributed by atoms with Crippen molar-refractivity contribution in [2.45, 2.75) is 57.5 Å². The van der Waals surface area contributed by atoms with Crippen LogP contribution in [-0.4, -0.2) is 51.6 Å². The number of fused-ring (bicyclic) bond motifs is 1. The predicted molar refractivity (Wildman–Crippen MR) is 159 cm³/mol. The molecule has 1 saturated heterocycles. The number of phenolic OH excluding ortho intramolecular Hbond substituents is 1. The summed E-state index contributed by atoms with van der Waals surface area (Å²) >= 11 is 3.35. The van der Waals surface area contributed by atoms with Crippen LogP contribution in [0, 0.1) is 17.8 Å². The third-order valence-electron chi connectivity index (χ3n) is 8.42. The van der Waals surface area contributed by atoms with Crippen LogP contribution in [0.4, 0.5) is 32.0 Å². The first-order valence-corrected chi connectivity index (χ1v) is 15.3. The van der Waals surface area contributed by atoms with Crippen LogP contribution < -0.4 is 4.90 Å². The molecule has 2 aromatic rings. The number of alkyl halides is 6. The Morgan fingerprint density at radius 3 is 2.17 bits per heavy atom. The maximum Gasteiger partial charge on any atom is 0.416 e. The fourth-order valence-corrected chi connectivity index (χ4v) is 6.74. The Kier molecular flexibility index (Phi) is 10.8. The summed E-state index contributed by atoms with van der Waals surface area (Å²) in [5.41, 5.74) is -2.67. The number of imide groups is 1. The minimum Gasteiger partial charge on any atom is -0.507 e. The predicted octanol–water partition coefficient (Wildman–Crippen LogP) is 6.62. The highest BCUT2D eigenvalue weighted by Gasteiger charge is 2.55. The van der Waals surface area contributed by atoms with Crippen molar-refractivity contribution in [3.63, 3.8) is 0 Å². The van der Waals surface area contributed by atoms with Crippen molar-refractivity contribution < 1.29 is 56.4 Å². The summed E-state index contributed by atoms with van der Waals surface area (Å²) in [5, 5.41) is 42.2. The van der Waals surface area contributed by atoms with E-state index in [0.29, 0.717) is 18.4 Å². The van der Waals surface area contributed by atoms with Gasteiger partial charge >= 0.3 is 12.4 Å². The van der Waals surface area contributed by atoms with Gasteiger partial charge < -0.3 is 20.4 Å². The van der Waals surface area contributed by atoms with Gasteiger partial charge in [-0.25, -0.2) is 4.90 Å². The molecule has 0 unspecified atom stereocenters. The number of allylic oxidation sites excluding steroid dienone is 1. The highest BCUT2D eigenvalue weighted by atomic mass is 79.9. The fourth-order valence-electron chi connectivity index (χ4n) is 6.36. The molecule has 7 nitrogen and oxygen atoms in total. The highest BCUT2D eigenvalue weighted by Crippen LogP contribution is 2.48. The zero-order valence-electron chi connectivity index (χ0n) is 24.5. The normalized spacial score (nSPS) is 21.7. The summed E-state index contributed by atoms with van der Waals surface area (Å²) in [6, 6.07) is 5.37. The highest BCUT2D eigenvalue weighted by molar-refractivity contribution is 9.10. The van der Waals surface area contributed by atoms with E-state index >= 15 is 0 Å². The number of hydrogen-bond donors (Lipinski definition) is 4. The SMILES string of the molecule is CCC/C(=C\c1cc(Br)ccc1O)CC[C@@H](O)C1=C(CO)C[C@H]2C(=O)N(c3cc(C(F)(F)F)cc(C(F)(F)F)c3)C(=O)[C@H]2[C@H]1CO. The molecule has 46 heavy (non-hydrogen) atoms. The third-order valence-corrected chi connectivity index (χ3v) is 8.91. The van der Waals surface area contributed by atoms with Crippen molar-refractivity contribution in [3.05, 3.63) is 74.3 Å². The van der Waals surface area contributed by atoms with E-state index in [1.165, 1.54) is 6.07 Å². The number of halogens is 7. The first kappa shape index (κ1) is 35.7. The second-order valence-electron chi connectivity index (χ2n) is 11.4. The molecule has 1 aliphatic heterocycles. The number of aliphatic hydroxyl groups is 3. The number of phenols is 1. The molecule has 4 atom stereocenters. The molecule has 4 rings (SSSR count). The van der Waals surface area contributed by atoms with Gasteiger partial charge in [-0.3, -0.25) is 9.59 Å². The molecule has 0 radical (unpaired) electrons. The van der Waals surface area contributed by atoms with Crippen molar-refractivity contribution in [2.24, 2.45) is 17.8 Å². The summed E-state index contributed by atoms with van der Waals surface area (Å²) < 4.78 is 81.9. The second kappa shape index (κ2) is 13.9. The molecular weight excluding hydrogens is 688 g/mol. The molecule has 4 N–H and O–H groups in total. The number of hydrogen-bond acceptors (Lipinski definition) is 6. The van der Waals surface area contributed by atoms with Crippen LogP contribution in [0.25, 0.3) is 6.08 Å². The Morgan fingerprint density at radius 2 is 1.63 bits per heavy atom. The molecule has 0 spiro atoms. The van der Waals surface area contributed by atoms with E-state index in [-0.39, 0.29) is 52.8 Å². The van der Waals surface area contributed by atoms with Gasteiger partial charge in [0, 0.05) is 16.0 Å². The number of carbonyl (C=O) groups is 2. The summed E-state index contributed by atoms with van der Waals surface area (Å²) in [6.07, 6.45) is -8.56. The Balaban J connectivity index is 1.66. The lowest BCUT2D eigenvalue weighted by Crippen LogP contribution is -2.39. The minimum atomic E-state index is -5.22. The van der Waals surface area contributed by atoms with E-state index in [1.54, 1.807) is 18.2 Å². The molecule has 1 aliphatic carbocycles. The van der Waals surface area contributed by atoms with Crippen LogP contribution in [0.1, 0.15) is 55.7 Å². The van der Waals surface area contributed by atoms with E-state index in [2.05, 4.69) is 15.9 Å². The Bertz CT molecular complexity index is 1520. The van der Waals surface area contributed by atoms with E-state index in [9.17, 15) is 56.4 Å². The van der Waals surface area contributed by atoms with E-state index in [4.69, 9.17) is 0 Å². The number of aliphatic hydroxyl groups excluding tert-OH is 3. The van der Waals surface area contributed by atoms with Gasteiger partial charge in [-0.15, -0.1) is 0 Å². The number of amides is 2. The maximum atomic E-state index is 13.6. The summed E-state index contributed by atoms with van der Waals surface area (Å²) in [7, 11) is 0. The second-order valence-corrected chi connectivity index (χ2v) is 12.3. The van der Waals surface area contributed by atoms with Crippen LogP contribution >= 0.6 is 15.9 Å². The number of nitrogens with zero attached hydrogens (tertiary/aromatic N) is 1. The lowest BCUT2D eigenvalue weighted by molar-refractivity contribution is -0.143. The summed E-state index contributed by atoms with van der Waals surface area (Å²) in [5.74, 6) is -6.06. The first-order chi connectivity index (χ1) is 21.5. The third kappa shape index (κ3) is 7.35. The van der Waals surface area contributed by atoms with Crippen LogP contribution in [0.3, 0.4) is 0 Å².